The molecule has 0 unspecified atom stereocenters. The Kier molecular flexibility index (Phi) is 5.85. The van der Waals surface area contributed by atoms with Crippen molar-refractivity contribution in [2.45, 2.75) is 6.92 Å². The molecule has 2 aromatic rings. The third-order valence-electron chi connectivity index (χ3n) is 4.00. The largest absolute Gasteiger partial charge is 0.492 e. The molecule has 0 bridgehead atoms. The maximum Gasteiger partial charge on any atom is 0.270 e. The number of anilines is 1. The van der Waals surface area contributed by atoms with Gasteiger partial charge in [0.05, 0.1) is 19.8 Å². The first-order chi connectivity index (χ1) is 12.2. The fourth-order valence-corrected chi connectivity index (χ4v) is 2.69. The van der Waals surface area contributed by atoms with E-state index in [1.165, 1.54) is 0 Å². The molecule has 6 nitrogen and oxygen atoms in total. The number of carbonyl (C=O) groups excluding carboxylic acids is 1. The van der Waals surface area contributed by atoms with E-state index in [0.717, 1.165) is 30.1 Å². The Labute approximate surface area is 147 Å². The van der Waals surface area contributed by atoms with Crippen LogP contribution in [0.15, 0.2) is 42.6 Å². The summed E-state index contributed by atoms with van der Waals surface area (Å²) in [5.41, 5.74) is 2.56. The van der Waals surface area contributed by atoms with Crippen LogP contribution in [0, 0.1) is 6.92 Å². The zero-order valence-corrected chi connectivity index (χ0v) is 14.4. The van der Waals surface area contributed by atoms with E-state index in [1.807, 2.05) is 43.3 Å². The van der Waals surface area contributed by atoms with E-state index >= 15 is 0 Å². The predicted molar refractivity (Wildman–Crippen MR) is 96.3 cm³/mol. The Morgan fingerprint density at radius 3 is 2.92 bits per heavy atom. The lowest BCUT2D eigenvalue weighted by molar-refractivity contribution is 0.0942. The van der Waals surface area contributed by atoms with Gasteiger partial charge in [-0.2, -0.15) is 0 Å². The highest BCUT2D eigenvalue weighted by Gasteiger charge is 2.14. The number of ether oxygens (including phenoxy) is 2. The smallest absolute Gasteiger partial charge is 0.270 e. The molecule has 25 heavy (non-hydrogen) atoms. The first-order valence-electron chi connectivity index (χ1n) is 8.49. The van der Waals surface area contributed by atoms with Crippen LogP contribution < -0.4 is 15.0 Å². The van der Waals surface area contributed by atoms with E-state index in [-0.39, 0.29) is 5.91 Å². The second kappa shape index (κ2) is 8.48. The summed E-state index contributed by atoms with van der Waals surface area (Å²) in [7, 11) is 0. The maximum absolute atomic E-state index is 12.3. The van der Waals surface area contributed by atoms with E-state index in [2.05, 4.69) is 15.2 Å². The van der Waals surface area contributed by atoms with E-state index in [0.29, 0.717) is 32.1 Å². The van der Waals surface area contributed by atoms with Gasteiger partial charge in [-0.05, 0) is 36.8 Å². The number of aromatic nitrogens is 1. The van der Waals surface area contributed by atoms with Gasteiger partial charge in [0.25, 0.3) is 5.91 Å². The van der Waals surface area contributed by atoms with Gasteiger partial charge < -0.3 is 19.7 Å². The normalized spacial score (nSPS) is 14.2. The molecule has 0 aliphatic carbocycles. The molecule has 1 N–H and O–H groups in total. The van der Waals surface area contributed by atoms with Gasteiger partial charge in [-0.15, -0.1) is 0 Å². The minimum atomic E-state index is -0.192. The summed E-state index contributed by atoms with van der Waals surface area (Å²) in [6.45, 7) is 5.93. The standard InChI is InChI=1S/C19H23N3O3/c1-15-3-2-4-17(13-15)25-10-7-21-19(23)18-14-16(5-6-20-18)22-8-11-24-12-9-22/h2-6,13-14H,7-12H2,1H3,(H,21,23). The minimum absolute atomic E-state index is 0.192. The molecule has 0 saturated carbocycles. The van der Waals surface area contributed by atoms with Crippen molar-refractivity contribution in [2.75, 3.05) is 44.4 Å². The summed E-state index contributed by atoms with van der Waals surface area (Å²) in [5.74, 6) is 0.615. The van der Waals surface area contributed by atoms with Crippen molar-refractivity contribution in [2.24, 2.45) is 0 Å². The summed E-state index contributed by atoms with van der Waals surface area (Å²) >= 11 is 0. The lowest BCUT2D eigenvalue weighted by Crippen LogP contribution is -2.36. The Hall–Kier alpha value is -2.60. The van der Waals surface area contributed by atoms with Gasteiger partial charge in [0.2, 0.25) is 0 Å². The van der Waals surface area contributed by atoms with E-state index in [4.69, 9.17) is 9.47 Å². The molecule has 1 aliphatic heterocycles. The van der Waals surface area contributed by atoms with Crippen molar-refractivity contribution in [1.82, 2.24) is 10.3 Å². The highest BCUT2D eigenvalue weighted by molar-refractivity contribution is 5.93. The van der Waals surface area contributed by atoms with Gasteiger partial charge in [0.1, 0.15) is 18.1 Å². The molecule has 0 atom stereocenters. The topological polar surface area (TPSA) is 63.7 Å². The number of nitrogens with one attached hydrogen (secondary N) is 1. The molecule has 1 aromatic carbocycles. The number of amides is 1. The van der Waals surface area contributed by atoms with Crippen LogP contribution in [0.4, 0.5) is 5.69 Å². The molecular weight excluding hydrogens is 318 g/mol. The number of nitrogens with zero attached hydrogens (tertiary/aromatic N) is 2. The Balaban J connectivity index is 1.49. The van der Waals surface area contributed by atoms with Crippen molar-refractivity contribution in [3.05, 3.63) is 53.9 Å². The summed E-state index contributed by atoms with van der Waals surface area (Å²) in [6, 6.07) is 11.6. The molecule has 3 rings (SSSR count). The lowest BCUT2D eigenvalue weighted by Gasteiger charge is -2.28. The Morgan fingerprint density at radius 1 is 1.28 bits per heavy atom. The molecule has 6 heteroatoms. The average molecular weight is 341 g/mol. The fourth-order valence-electron chi connectivity index (χ4n) is 2.69. The van der Waals surface area contributed by atoms with Gasteiger partial charge in [-0.1, -0.05) is 12.1 Å². The number of morpholine rings is 1. The molecule has 2 heterocycles. The minimum Gasteiger partial charge on any atom is -0.492 e. The number of carbonyl (C=O) groups is 1. The zero-order valence-electron chi connectivity index (χ0n) is 14.4. The van der Waals surface area contributed by atoms with Crippen molar-refractivity contribution < 1.29 is 14.3 Å². The van der Waals surface area contributed by atoms with Crippen LogP contribution in [0.3, 0.4) is 0 Å². The summed E-state index contributed by atoms with van der Waals surface area (Å²) < 4.78 is 11.0. The first-order valence-corrected chi connectivity index (χ1v) is 8.49. The summed E-state index contributed by atoms with van der Waals surface area (Å²) in [6.07, 6.45) is 1.67. The van der Waals surface area contributed by atoms with Gasteiger partial charge in [-0.25, -0.2) is 0 Å². The molecule has 132 valence electrons. The lowest BCUT2D eigenvalue weighted by atomic mass is 10.2. The van der Waals surface area contributed by atoms with Crippen molar-refractivity contribution in [3.8, 4) is 5.75 Å². The fraction of sp³-hybridized carbons (Fsp3) is 0.368. The maximum atomic E-state index is 12.3. The molecule has 1 saturated heterocycles. The molecular formula is C19H23N3O3. The quantitative estimate of drug-likeness (QED) is 0.815. The van der Waals surface area contributed by atoms with Gasteiger partial charge in [0.15, 0.2) is 0 Å². The number of hydrogen-bond acceptors (Lipinski definition) is 5. The second-order valence-electron chi connectivity index (χ2n) is 5.92. The molecule has 1 aromatic heterocycles. The number of rotatable bonds is 6. The van der Waals surface area contributed by atoms with Crippen molar-refractivity contribution in [1.29, 1.82) is 0 Å². The number of pyridine rings is 1. The van der Waals surface area contributed by atoms with Crippen LogP contribution in [0.5, 0.6) is 5.75 Å². The molecule has 1 fully saturated rings. The molecule has 1 amide bonds. The Morgan fingerprint density at radius 2 is 2.12 bits per heavy atom. The van der Waals surface area contributed by atoms with Gasteiger partial charge in [-0.3, -0.25) is 9.78 Å². The SMILES string of the molecule is Cc1cccc(OCCNC(=O)c2cc(N3CCOCC3)ccn2)c1. The monoisotopic (exact) mass is 341 g/mol. The van der Waals surface area contributed by atoms with Crippen molar-refractivity contribution >= 4 is 11.6 Å². The highest BCUT2D eigenvalue weighted by atomic mass is 16.5. The third-order valence-corrected chi connectivity index (χ3v) is 4.00. The zero-order chi connectivity index (χ0) is 17.5. The highest BCUT2D eigenvalue weighted by Crippen LogP contribution is 2.16. The van der Waals surface area contributed by atoms with Crippen LogP contribution in [-0.2, 0) is 4.74 Å². The van der Waals surface area contributed by atoms with Crippen LogP contribution in [0.1, 0.15) is 16.1 Å². The van der Waals surface area contributed by atoms with Crippen LogP contribution in [0.2, 0.25) is 0 Å². The summed E-state index contributed by atoms with van der Waals surface area (Å²) in [4.78, 5) is 18.6. The number of aryl methyl sites for hydroxylation is 1. The van der Waals surface area contributed by atoms with E-state index in [1.54, 1.807) is 6.20 Å². The first kappa shape index (κ1) is 17.2. The van der Waals surface area contributed by atoms with E-state index < -0.39 is 0 Å². The number of benzene rings is 1. The second-order valence-corrected chi connectivity index (χ2v) is 5.92. The van der Waals surface area contributed by atoms with Gasteiger partial charge in [0, 0.05) is 25.0 Å². The van der Waals surface area contributed by atoms with Crippen LogP contribution in [0.25, 0.3) is 0 Å². The average Bonchev–Trinajstić information content (AvgIpc) is 2.66. The predicted octanol–water partition coefficient (Wildman–Crippen LogP) is 2.04. The summed E-state index contributed by atoms with van der Waals surface area (Å²) in [5, 5.41) is 2.84. The molecule has 1 aliphatic rings. The number of hydrogen-bond donors (Lipinski definition) is 1. The van der Waals surface area contributed by atoms with Gasteiger partial charge >= 0.3 is 0 Å². The van der Waals surface area contributed by atoms with Crippen molar-refractivity contribution in [3.63, 3.8) is 0 Å². The molecule has 0 spiro atoms. The van der Waals surface area contributed by atoms with Crippen LogP contribution in [-0.4, -0.2) is 50.3 Å². The van der Waals surface area contributed by atoms with Crippen LogP contribution >= 0.6 is 0 Å². The third kappa shape index (κ3) is 4.93. The Bertz CT molecular complexity index is 715. The van der Waals surface area contributed by atoms with E-state index in [9.17, 15) is 4.79 Å². The molecule has 0 radical (unpaired) electrons.